The minimum absolute atomic E-state index is 0.0140. The Morgan fingerprint density at radius 1 is 1.40 bits per heavy atom. The van der Waals surface area contributed by atoms with Gasteiger partial charge in [-0.3, -0.25) is 9.69 Å². The fourth-order valence-electron chi connectivity index (χ4n) is 1.64. The highest BCUT2D eigenvalue weighted by Gasteiger charge is 2.10. The largest absolute Gasteiger partial charge is 0.477 e. The van der Waals surface area contributed by atoms with Crippen LogP contribution in [0.25, 0.3) is 0 Å². The van der Waals surface area contributed by atoms with Gasteiger partial charge in [-0.25, -0.2) is 9.78 Å². The minimum Gasteiger partial charge on any atom is -0.477 e. The summed E-state index contributed by atoms with van der Waals surface area (Å²) in [5.41, 5.74) is 0.643. The van der Waals surface area contributed by atoms with Gasteiger partial charge < -0.3 is 10.4 Å². The molecule has 0 aliphatic rings. The molecule has 0 aromatic carbocycles. The van der Waals surface area contributed by atoms with Crippen LogP contribution in [0.2, 0.25) is 0 Å². The molecule has 6 heteroatoms. The van der Waals surface area contributed by atoms with E-state index in [1.165, 1.54) is 6.07 Å². The first-order chi connectivity index (χ1) is 9.38. The van der Waals surface area contributed by atoms with E-state index in [4.69, 9.17) is 5.11 Å². The molecule has 1 aromatic rings. The van der Waals surface area contributed by atoms with Gasteiger partial charge in [0.2, 0.25) is 5.91 Å². The maximum Gasteiger partial charge on any atom is 0.354 e. The molecule has 110 valence electrons. The number of rotatable bonds is 7. The van der Waals surface area contributed by atoms with E-state index in [1.807, 2.05) is 13.8 Å². The van der Waals surface area contributed by atoms with E-state index in [0.717, 1.165) is 0 Å². The van der Waals surface area contributed by atoms with Crippen LogP contribution < -0.4 is 5.32 Å². The summed E-state index contributed by atoms with van der Waals surface area (Å²) in [6.45, 7) is 5.40. The van der Waals surface area contributed by atoms with Gasteiger partial charge in [-0.05, 0) is 25.1 Å². The second kappa shape index (κ2) is 7.59. The lowest BCUT2D eigenvalue weighted by atomic mass is 10.2. The van der Waals surface area contributed by atoms with Gasteiger partial charge in [-0.1, -0.05) is 19.9 Å². The number of carboxylic acid groups (broad SMARTS) is 1. The van der Waals surface area contributed by atoms with E-state index in [9.17, 15) is 9.59 Å². The fraction of sp³-hybridized carbons (Fsp3) is 0.500. The molecule has 0 atom stereocenters. The van der Waals surface area contributed by atoms with Crippen molar-refractivity contribution < 1.29 is 14.7 Å². The number of hydrogen-bond donors (Lipinski definition) is 2. The Hall–Kier alpha value is -1.95. The van der Waals surface area contributed by atoms with Gasteiger partial charge in [0, 0.05) is 13.1 Å². The summed E-state index contributed by atoms with van der Waals surface area (Å²) >= 11 is 0. The molecule has 0 fully saturated rings. The summed E-state index contributed by atoms with van der Waals surface area (Å²) in [5, 5.41) is 11.7. The number of carbonyl (C=O) groups is 2. The summed E-state index contributed by atoms with van der Waals surface area (Å²) in [4.78, 5) is 28.3. The van der Waals surface area contributed by atoms with Gasteiger partial charge in [-0.15, -0.1) is 0 Å². The van der Waals surface area contributed by atoms with Crippen molar-refractivity contribution in [1.82, 2.24) is 15.2 Å². The third kappa shape index (κ3) is 5.79. The summed E-state index contributed by atoms with van der Waals surface area (Å²) in [7, 11) is 1.80. The van der Waals surface area contributed by atoms with Gasteiger partial charge in [0.05, 0.1) is 12.2 Å². The third-order valence-electron chi connectivity index (χ3n) is 2.58. The standard InChI is InChI=1S/C14H21N3O3/c1-10(2)7-15-13(18)9-17(3)8-11-5-4-6-12(16-11)14(19)20/h4-6,10H,7-9H2,1-3H3,(H,15,18)(H,19,20). The lowest BCUT2D eigenvalue weighted by molar-refractivity contribution is -0.122. The summed E-state index contributed by atoms with van der Waals surface area (Å²) in [6, 6.07) is 4.84. The smallest absolute Gasteiger partial charge is 0.354 e. The van der Waals surface area contributed by atoms with Crippen LogP contribution in [0.15, 0.2) is 18.2 Å². The first-order valence-corrected chi connectivity index (χ1v) is 6.53. The monoisotopic (exact) mass is 279 g/mol. The van der Waals surface area contributed by atoms with E-state index >= 15 is 0 Å². The molecular formula is C14H21N3O3. The van der Waals surface area contributed by atoms with Crippen LogP contribution in [0.5, 0.6) is 0 Å². The number of hydrogen-bond acceptors (Lipinski definition) is 4. The molecule has 1 aromatic heterocycles. The molecule has 6 nitrogen and oxygen atoms in total. The van der Waals surface area contributed by atoms with Gasteiger partial charge in [-0.2, -0.15) is 0 Å². The number of nitrogens with zero attached hydrogens (tertiary/aromatic N) is 2. The minimum atomic E-state index is -1.05. The zero-order valence-corrected chi connectivity index (χ0v) is 12.1. The number of aromatic carboxylic acids is 1. The van der Waals surface area contributed by atoms with Crippen LogP contribution in [0, 0.1) is 5.92 Å². The zero-order chi connectivity index (χ0) is 15.1. The molecule has 20 heavy (non-hydrogen) atoms. The van der Waals surface area contributed by atoms with Crippen molar-refractivity contribution in [2.45, 2.75) is 20.4 Å². The molecule has 0 saturated carbocycles. The Morgan fingerprint density at radius 3 is 2.70 bits per heavy atom. The highest BCUT2D eigenvalue weighted by molar-refractivity contribution is 5.85. The molecule has 0 unspecified atom stereocenters. The van der Waals surface area contributed by atoms with Crippen LogP contribution in [-0.4, -0.2) is 47.0 Å². The average Bonchev–Trinajstić information content (AvgIpc) is 2.36. The maximum atomic E-state index is 11.7. The Bertz CT molecular complexity index is 474. The van der Waals surface area contributed by atoms with Gasteiger partial charge >= 0.3 is 5.97 Å². The zero-order valence-electron chi connectivity index (χ0n) is 12.1. The number of nitrogens with one attached hydrogen (secondary N) is 1. The maximum absolute atomic E-state index is 11.7. The molecule has 0 aliphatic carbocycles. The predicted molar refractivity (Wildman–Crippen MR) is 75.4 cm³/mol. The van der Waals surface area contributed by atoms with Crippen LogP contribution in [-0.2, 0) is 11.3 Å². The van der Waals surface area contributed by atoms with Crippen LogP contribution in [0.1, 0.15) is 30.0 Å². The SMILES string of the molecule is CC(C)CNC(=O)CN(C)Cc1cccc(C(=O)O)n1. The van der Waals surface area contributed by atoms with Crippen molar-refractivity contribution in [1.29, 1.82) is 0 Å². The second-order valence-corrected chi connectivity index (χ2v) is 5.19. The van der Waals surface area contributed by atoms with Gasteiger partial charge in [0.15, 0.2) is 0 Å². The average molecular weight is 279 g/mol. The molecule has 1 rings (SSSR count). The number of amides is 1. The molecule has 0 spiro atoms. The normalized spacial score (nSPS) is 10.8. The molecular weight excluding hydrogens is 258 g/mol. The lowest BCUT2D eigenvalue weighted by Crippen LogP contribution is -2.36. The highest BCUT2D eigenvalue weighted by Crippen LogP contribution is 2.02. The number of aromatic nitrogens is 1. The van der Waals surface area contributed by atoms with Gasteiger partial charge in [0.1, 0.15) is 5.69 Å². The number of carboxylic acids is 1. The number of pyridine rings is 1. The Morgan fingerprint density at radius 2 is 2.10 bits per heavy atom. The molecule has 1 heterocycles. The Labute approximate surface area is 118 Å². The molecule has 0 bridgehead atoms. The molecule has 2 N–H and O–H groups in total. The van der Waals surface area contributed by atoms with Crippen molar-refractivity contribution in [3.05, 3.63) is 29.6 Å². The van der Waals surface area contributed by atoms with Crippen molar-refractivity contribution >= 4 is 11.9 Å². The van der Waals surface area contributed by atoms with E-state index < -0.39 is 5.97 Å². The van der Waals surface area contributed by atoms with Crippen LogP contribution in [0.4, 0.5) is 0 Å². The summed E-state index contributed by atoms with van der Waals surface area (Å²) in [6.07, 6.45) is 0. The number of likely N-dealkylation sites (N-methyl/N-ethyl adjacent to an activating group) is 1. The van der Waals surface area contributed by atoms with E-state index in [-0.39, 0.29) is 18.1 Å². The summed E-state index contributed by atoms with van der Waals surface area (Å²) in [5.74, 6) is -0.682. The van der Waals surface area contributed by atoms with Crippen molar-refractivity contribution in [2.75, 3.05) is 20.1 Å². The fourth-order valence-corrected chi connectivity index (χ4v) is 1.64. The number of carbonyl (C=O) groups excluding carboxylic acids is 1. The van der Waals surface area contributed by atoms with Crippen molar-refractivity contribution in [3.8, 4) is 0 Å². The topological polar surface area (TPSA) is 82.5 Å². The predicted octanol–water partition coefficient (Wildman–Crippen LogP) is 0.984. The van der Waals surface area contributed by atoms with Gasteiger partial charge in [0.25, 0.3) is 0 Å². The molecule has 0 radical (unpaired) electrons. The molecule has 1 amide bonds. The Balaban J connectivity index is 2.49. The van der Waals surface area contributed by atoms with Crippen LogP contribution >= 0.6 is 0 Å². The van der Waals surface area contributed by atoms with E-state index in [1.54, 1.807) is 24.1 Å². The quantitative estimate of drug-likeness (QED) is 0.777. The van der Waals surface area contributed by atoms with Crippen molar-refractivity contribution in [2.24, 2.45) is 5.92 Å². The first-order valence-electron chi connectivity index (χ1n) is 6.53. The Kier molecular flexibility index (Phi) is 6.11. The molecule has 0 aliphatic heterocycles. The first kappa shape index (κ1) is 16.1. The highest BCUT2D eigenvalue weighted by atomic mass is 16.4. The molecule has 0 saturated heterocycles. The van der Waals surface area contributed by atoms with E-state index in [2.05, 4.69) is 10.3 Å². The lowest BCUT2D eigenvalue weighted by Gasteiger charge is -2.16. The van der Waals surface area contributed by atoms with Crippen LogP contribution in [0.3, 0.4) is 0 Å². The van der Waals surface area contributed by atoms with E-state index in [0.29, 0.717) is 24.7 Å². The summed E-state index contributed by atoms with van der Waals surface area (Å²) < 4.78 is 0. The van der Waals surface area contributed by atoms with Crippen molar-refractivity contribution in [3.63, 3.8) is 0 Å². The second-order valence-electron chi connectivity index (χ2n) is 5.19. The third-order valence-corrected chi connectivity index (χ3v) is 2.58.